The molecule has 0 aliphatic heterocycles. The molecule has 0 aromatic carbocycles. The third-order valence-electron chi connectivity index (χ3n) is 4.14. The molecule has 0 bridgehead atoms. The van der Waals surface area contributed by atoms with Gasteiger partial charge in [-0.05, 0) is 36.5 Å². The zero-order chi connectivity index (χ0) is 13.5. The lowest BCUT2D eigenvalue weighted by Crippen LogP contribution is -2.26. The van der Waals surface area contributed by atoms with Crippen molar-refractivity contribution in [1.82, 2.24) is 4.98 Å². The first-order valence-electron chi connectivity index (χ1n) is 7.03. The highest BCUT2D eigenvalue weighted by Crippen LogP contribution is 2.38. The van der Waals surface area contributed by atoms with E-state index < -0.39 is 0 Å². The fourth-order valence-electron chi connectivity index (χ4n) is 2.49. The van der Waals surface area contributed by atoms with Gasteiger partial charge >= 0.3 is 0 Å². The predicted octanol–water partition coefficient (Wildman–Crippen LogP) is 3.95. The van der Waals surface area contributed by atoms with Crippen LogP contribution in [0.15, 0.2) is 0 Å². The number of nitrogens with two attached hydrogens (primary N) is 1. The van der Waals surface area contributed by atoms with Gasteiger partial charge in [-0.3, -0.25) is 0 Å². The van der Waals surface area contributed by atoms with Gasteiger partial charge in [-0.15, -0.1) is 11.3 Å². The second kappa shape index (κ2) is 4.93. The van der Waals surface area contributed by atoms with E-state index in [2.05, 4.69) is 34.6 Å². The Bertz CT molecular complexity index is 415. The number of thiazole rings is 1. The van der Waals surface area contributed by atoms with E-state index >= 15 is 0 Å². The Balaban J connectivity index is 2.20. The van der Waals surface area contributed by atoms with E-state index in [-0.39, 0.29) is 11.5 Å². The van der Waals surface area contributed by atoms with Gasteiger partial charge in [0.15, 0.2) is 0 Å². The molecule has 0 amide bonds. The molecule has 2 N–H and O–H groups in total. The van der Waals surface area contributed by atoms with Crippen molar-refractivity contribution in [2.75, 3.05) is 0 Å². The van der Waals surface area contributed by atoms with Crippen LogP contribution in [0.5, 0.6) is 0 Å². The molecule has 0 radical (unpaired) electrons. The molecule has 0 saturated heterocycles. The van der Waals surface area contributed by atoms with E-state index in [1.807, 2.05) is 11.3 Å². The van der Waals surface area contributed by atoms with Gasteiger partial charge in [0.1, 0.15) is 5.01 Å². The first kappa shape index (κ1) is 14.0. The van der Waals surface area contributed by atoms with E-state index in [0.29, 0.717) is 0 Å². The zero-order valence-electron chi connectivity index (χ0n) is 12.3. The topological polar surface area (TPSA) is 38.9 Å². The van der Waals surface area contributed by atoms with Crippen LogP contribution < -0.4 is 5.73 Å². The molecule has 18 heavy (non-hydrogen) atoms. The molecule has 1 aromatic heterocycles. The molecule has 0 fully saturated rings. The molecule has 1 aromatic rings. The van der Waals surface area contributed by atoms with Crippen LogP contribution in [0.4, 0.5) is 0 Å². The zero-order valence-corrected chi connectivity index (χ0v) is 13.1. The van der Waals surface area contributed by atoms with Crippen LogP contribution in [0.2, 0.25) is 0 Å². The molecule has 3 heteroatoms. The van der Waals surface area contributed by atoms with Gasteiger partial charge in [0.05, 0.1) is 11.7 Å². The fourth-order valence-corrected chi connectivity index (χ4v) is 3.94. The summed E-state index contributed by atoms with van der Waals surface area (Å²) < 4.78 is 0. The number of aromatic nitrogens is 1. The van der Waals surface area contributed by atoms with Crippen LogP contribution in [0.1, 0.15) is 62.7 Å². The highest BCUT2D eigenvalue weighted by Gasteiger charge is 2.29. The molecule has 2 unspecified atom stereocenters. The summed E-state index contributed by atoms with van der Waals surface area (Å²) in [6, 6.07) is 0.0607. The molecule has 0 spiro atoms. The van der Waals surface area contributed by atoms with Gasteiger partial charge in [-0.25, -0.2) is 4.98 Å². The van der Waals surface area contributed by atoms with Gasteiger partial charge in [0.2, 0.25) is 0 Å². The quantitative estimate of drug-likeness (QED) is 0.880. The SMILES string of the molecule is CC(C)C1CCc2nc(C(N)C(C)(C)C)sc2C1. The van der Waals surface area contributed by atoms with Gasteiger partial charge in [0.25, 0.3) is 0 Å². The lowest BCUT2D eigenvalue weighted by Gasteiger charge is -2.24. The lowest BCUT2D eigenvalue weighted by molar-refractivity contribution is 0.324. The maximum atomic E-state index is 6.33. The Hall–Kier alpha value is -0.410. The van der Waals surface area contributed by atoms with Crippen molar-refractivity contribution < 1.29 is 0 Å². The third kappa shape index (κ3) is 2.77. The van der Waals surface area contributed by atoms with Gasteiger partial charge < -0.3 is 5.73 Å². The third-order valence-corrected chi connectivity index (χ3v) is 5.34. The van der Waals surface area contributed by atoms with Crippen molar-refractivity contribution in [2.24, 2.45) is 23.0 Å². The first-order chi connectivity index (χ1) is 8.29. The number of nitrogens with zero attached hydrogens (tertiary/aromatic N) is 1. The maximum absolute atomic E-state index is 6.33. The molecular weight excluding hydrogens is 240 g/mol. The van der Waals surface area contributed by atoms with Crippen molar-refractivity contribution in [3.8, 4) is 0 Å². The molecule has 1 aliphatic carbocycles. The van der Waals surface area contributed by atoms with Crippen LogP contribution in [-0.4, -0.2) is 4.98 Å². The molecule has 0 saturated carbocycles. The summed E-state index contributed by atoms with van der Waals surface area (Å²) in [5.41, 5.74) is 7.75. The van der Waals surface area contributed by atoms with E-state index in [0.717, 1.165) is 23.3 Å². The van der Waals surface area contributed by atoms with Crippen molar-refractivity contribution in [1.29, 1.82) is 0 Å². The van der Waals surface area contributed by atoms with Gasteiger partial charge in [-0.2, -0.15) is 0 Å². The highest BCUT2D eigenvalue weighted by molar-refractivity contribution is 7.11. The molecule has 2 rings (SSSR count). The predicted molar refractivity (Wildman–Crippen MR) is 78.9 cm³/mol. The van der Waals surface area contributed by atoms with Gasteiger partial charge in [0, 0.05) is 4.88 Å². The highest BCUT2D eigenvalue weighted by atomic mass is 32.1. The first-order valence-corrected chi connectivity index (χ1v) is 7.84. The van der Waals surface area contributed by atoms with Crippen LogP contribution >= 0.6 is 11.3 Å². The van der Waals surface area contributed by atoms with Crippen molar-refractivity contribution in [3.05, 3.63) is 15.6 Å². The Morgan fingerprint density at radius 2 is 2.00 bits per heavy atom. The summed E-state index contributed by atoms with van der Waals surface area (Å²) in [5.74, 6) is 1.61. The minimum Gasteiger partial charge on any atom is -0.322 e. The molecule has 1 heterocycles. The summed E-state index contributed by atoms with van der Waals surface area (Å²) in [7, 11) is 0. The average molecular weight is 266 g/mol. The maximum Gasteiger partial charge on any atom is 0.110 e. The van der Waals surface area contributed by atoms with E-state index in [4.69, 9.17) is 10.7 Å². The number of hydrogen-bond donors (Lipinski definition) is 1. The molecule has 102 valence electrons. The Labute approximate surface area is 115 Å². The van der Waals surface area contributed by atoms with E-state index in [9.17, 15) is 0 Å². The smallest absolute Gasteiger partial charge is 0.110 e. The number of hydrogen-bond acceptors (Lipinski definition) is 3. The number of rotatable bonds is 2. The van der Waals surface area contributed by atoms with Crippen LogP contribution in [0.25, 0.3) is 0 Å². The second-order valence-corrected chi connectivity index (χ2v) is 8.13. The Morgan fingerprint density at radius 1 is 1.33 bits per heavy atom. The number of fused-ring (bicyclic) bond motifs is 1. The molecule has 2 nitrogen and oxygen atoms in total. The minimum absolute atomic E-state index is 0.0607. The Kier molecular flexibility index (Phi) is 3.84. The van der Waals surface area contributed by atoms with Crippen molar-refractivity contribution >= 4 is 11.3 Å². The molecule has 1 aliphatic rings. The largest absolute Gasteiger partial charge is 0.322 e. The number of aryl methyl sites for hydroxylation is 1. The van der Waals surface area contributed by atoms with Crippen molar-refractivity contribution in [3.63, 3.8) is 0 Å². The average Bonchev–Trinajstić information content (AvgIpc) is 2.68. The van der Waals surface area contributed by atoms with E-state index in [1.54, 1.807) is 0 Å². The van der Waals surface area contributed by atoms with Crippen LogP contribution in [-0.2, 0) is 12.8 Å². The minimum atomic E-state index is 0.0607. The summed E-state index contributed by atoms with van der Waals surface area (Å²) >= 11 is 1.86. The fraction of sp³-hybridized carbons (Fsp3) is 0.800. The van der Waals surface area contributed by atoms with Crippen molar-refractivity contribution in [2.45, 2.75) is 59.9 Å². The monoisotopic (exact) mass is 266 g/mol. The lowest BCUT2D eigenvalue weighted by atomic mass is 9.83. The van der Waals surface area contributed by atoms with Crippen LogP contribution in [0.3, 0.4) is 0 Å². The second-order valence-electron chi connectivity index (χ2n) is 7.01. The Morgan fingerprint density at radius 3 is 2.56 bits per heavy atom. The summed E-state index contributed by atoms with van der Waals surface area (Å²) in [5, 5.41) is 1.14. The van der Waals surface area contributed by atoms with Crippen LogP contribution in [0, 0.1) is 17.3 Å². The van der Waals surface area contributed by atoms with Gasteiger partial charge in [-0.1, -0.05) is 34.6 Å². The van der Waals surface area contributed by atoms with E-state index in [1.165, 1.54) is 23.4 Å². The summed E-state index contributed by atoms with van der Waals surface area (Å²) in [4.78, 5) is 6.30. The molecular formula is C15H26N2S. The molecule has 2 atom stereocenters. The summed E-state index contributed by atoms with van der Waals surface area (Å²) in [6.45, 7) is 11.2. The standard InChI is InChI=1S/C15H26N2S/c1-9(2)10-6-7-11-12(8-10)18-14(17-11)13(16)15(3,4)5/h9-10,13H,6-8,16H2,1-5H3. The summed E-state index contributed by atoms with van der Waals surface area (Å²) in [6.07, 6.45) is 3.64. The normalized spacial score (nSPS) is 22.1.